The smallest absolute Gasteiger partial charge is 0.159 e. The van der Waals surface area contributed by atoms with Crippen molar-refractivity contribution in [3.8, 4) is 11.1 Å². The number of rotatable bonds is 4. The molecule has 0 amide bonds. The van der Waals surface area contributed by atoms with E-state index in [1.54, 1.807) is 0 Å². The molecule has 0 saturated carbocycles. The lowest BCUT2D eigenvalue weighted by atomic mass is 9.94. The molecule has 10 aromatic rings. The molecule has 1 aliphatic heterocycles. The third-order valence-electron chi connectivity index (χ3n) is 10.3. The molecular weight excluding hydrogens is 639 g/mol. The predicted octanol–water partition coefficient (Wildman–Crippen LogP) is 12.0. The number of nitrogens with zero attached hydrogens (tertiary/aromatic N) is 2. The normalized spacial score (nSPS) is 14.7. The molecule has 1 N–H and O–H groups in total. The van der Waals surface area contributed by atoms with Gasteiger partial charge in [0.05, 0.1) is 0 Å². The molecule has 5 nitrogen and oxygen atoms in total. The molecule has 1 atom stereocenters. The first kappa shape index (κ1) is 28.8. The van der Waals surface area contributed by atoms with Gasteiger partial charge in [-0.15, -0.1) is 0 Å². The minimum atomic E-state index is -0.362. The maximum atomic E-state index is 6.62. The number of nitrogens with one attached hydrogen (secondary N) is 1. The van der Waals surface area contributed by atoms with Crippen LogP contribution in [0.15, 0.2) is 183 Å². The lowest BCUT2D eigenvalue weighted by Gasteiger charge is -2.24. The molecule has 0 bridgehead atoms. The number of hydrogen-bond donors (Lipinski definition) is 1. The van der Waals surface area contributed by atoms with Crippen molar-refractivity contribution in [2.45, 2.75) is 6.17 Å². The zero-order chi connectivity index (χ0) is 34.2. The molecule has 1 aliphatic rings. The van der Waals surface area contributed by atoms with E-state index in [9.17, 15) is 0 Å². The van der Waals surface area contributed by atoms with Gasteiger partial charge in [0.1, 0.15) is 34.3 Å². The van der Waals surface area contributed by atoms with Crippen molar-refractivity contribution in [2.24, 2.45) is 9.98 Å². The van der Waals surface area contributed by atoms with E-state index in [0.29, 0.717) is 5.84 Å². The third kappa shape index (κ3) is 4.56. The number of hydrogen-bond acceptors (Lipinski definition) is 5. The molecule has 0 fully saturated rings. The van der Waals surface area contributed by atoms with Crippen LogP contribution in [0.25, 0.3) is 76.5 Å². The van der Waals surface area contributed by atoms with Crippen LogP contribution in [0.3, 0.4) is 0 Å². The Morgan fingerprint density at radius 2 is 1.13 bits per heavy atom. The number of para-hydroxylation sites is 1. The van der Waals surface area contributed by atoms with Crippen molar-refractivity contribution in [3.05, 3.63) is 180 Å². The number of aliphatic imine (C=N–C) groups is 2. The highest BCUT2D eigenvalue weighted by atomic mass is 16.3. The Morgan fingerprint density at radius 1 is 0.442 bits per heavy atom. The molecule has 8 aromatic carbocycles. The highest BCUT2D eigenvalue weighted by Gasteiger charge is 2.26. The van der Waals surface area contributed by atoms with Gasteiger partial charge < -0.3 is 14.2 Å². The molecule has 0 radical (unpaired) electrons. The Balaban J connectivity index is 1.16. The molecule has 3 heterocycles. The van der Waals surface area contributed by atoms with Crippen LogP contribution < -0.4 is 5.32 Å². The van der Waals surface area contributed by atoms with E-state index in [1.807, 2.05) is 36.4 Å². The maximum Gasteiger partial charge on any atom is 0.159 e. The average molecular weight is 668 g/mol. The number of fused-ring (bicyclic) bond motifs is 8. The zero-order valence-corrected chi connectivity index (χ0v) is 27.9. The Kier molecular flexibility index (Phi) is 6.25. The summed E-state index contributed by atoms with van der Waals surface area (Å²) in [5.41, 5.74) is 8.37. The van der Waals surface area contributed by atoms with Gasteiger partial charge in [-0.2, -0.15) is 0 Å². The molecule has 11 rings (SSSR count). The minimum Gasteiger partial charge on any atom is -0.456 e. The van der Waals surface area contributed by atoms with Crippen molar-refractivity contribution >= 4 is 77.1 Å². The summed E-state index contributed by atoms with van der Waals surface area (Å²) in [4.78, 5) is 10.5. The van der Waals surface area contributed by atoms with E-state index in [4.69, 9.17) is 18.8 Å². The second-order valence-electron chi connectivity index (χ2n) is 13.4. The molecule has 1 unspecified atom stereocenters. The summed E-state index contributed by atoms with van der Waals surface area (Å²) < 4.78 is 13.1. The van der Waals surface area contributed by atoms with Gasteiger partial charge in [0.2, 0.25) is 0 Å². The Bertz CT molecular complexity index is 3110. The van der Waals surface area contributed by atoms with Gasteiger partial charge in [-0.25, -0.2) is 9.98 Å². The summed E-state index contributed by atoms with van der Waals surface area (Å²) in [6, 6.07) is 56.9. The van der Waals surface area contributed by atoms with Gasteiger partial charge in [-0.1, -0.05) is 121 Å². The van der Waals surface area contributed by atoms with E-state index < -0.39 is 0 Å². The van der Waals surface area contributed by atoms with Gasteiger partial charge in [-0.05, 0) is 80.7 Å². The molecular formula is C47H29N3O2. The molecule has 5 heteroatoms. The third-order valence-corrected chi connectivity index (χ3v) is 10.3. The second kappa shape index (κ2) is 11.3. The van der Waals surface area contributed by atoms with E-state index in [0.717, 1.165) is 82.9 Å². The van der Waals surface area contributed by atoms with E-state index in [2.05, 4.69) is 133 Å². The first-order chi connectivity index (χ1) is 25.7. The fraction of sp³-hybridized carbons (Fsp3) is 0.0213. The maximum absolute atomic E-state index is 6.62. The Labute approximate surface area is 298 Å². The molecule has 244 valence electrons. The Morgan fingerprint density at radius 3 is 2.00 bits per heavy atom. The summed E-state index contributed by atoms with van der Waals surface area (Å²) in [7, 11) is 0. The quantitative estimate of drug-likeness (QED) is 0.203. The van der Waals surface area contributed by atoms with Crippen molar-refractivity contribution in [1.82, 2.24) is 5.32 Å². The highest BCUT2D eigenvalue weighted by molar-refractivity contribution is 6.23. The first-order valence-corrected chi connectivity index (χ1v) is 17.5. The van der Waals surface area contributed by atoms with Crippen molar-refractivity contribution in [3.63, 3.8) is 0 Å². The van der Waals surface area contributed by atoms with Crippen LogP contribution in [0.1, 0.15) is 22.9 Å². The Hall–Kier alpha value is -6.98. The summed E-state index contributed by atoms with van der Waals surface area (Å²) in [6.07, 6.45) is -0.362. The topological polar surface area (TPSA) is 63.0 Å². The molecule has 0 spiro atoms. The zero-order valence-electron chi connectivity index (χ0n) is 27.9. The summed E-state index contributed by atoms with van der Waals surface area (Å²) in [6.45, 7) is 0. The summed E-state index contributed by atoms with van der Waals surface area (Å²) in [5.74, 6) is 1.41. The van der Waals surface area contributed by atoms with E-state index >= 15 is 0 Å². The van der Waals surface area contributed by atoms with Crippen LogP contribution in [0.4, 0.5) is 0 Å². The molecule has 0 aliphatic carbocycles. The predicted molar refractivity (Wildman–Crippen MR) is 213 cm³/mol. The van der Waals surface area contributed by atoms with Gasteiger partial charge >= 0.3 is 0 Å². The lowest BCUT2D eigenvalue weighted by molar-refractivity contribution is 0.667. The van der Waals surface area contributed by atoms with Gasteiger partial charge in [0, 0.05) is 32.7 Å². The van der Waals surface area contributed by atoms with Crippen molar-refractivity contribution in [2.75, 3.05) is 0 Å². The highest BCUT2D eigenvalue weighted by Crippen LogP contribution is 2.42. The summed E-state index contributed by atoms with van der Waals surface area (Å²) in [5, 5.41) is 12.6. The minimum absolute atomic E-state index is 0.362. The second-order valence-corrected chi connectivity index (χ2v) is 13.4. The van der Waals surface area contributed by atoms with Gasteiger partial charge in [-0.3, -0.25) is 0 Å². The fourth-order valence-electron chi connectivity index (χ4n) is 7.80. The summed E-state index contributed by atoms with van der Waals surface area (Å²) >= 11 is 0. The van der Waals surface area contributed by atoms with Crippen molar-refractivity contribution in [1.29, 1.82) is 0 Å². The SMILES string of the molecule is c1ccc(C2=NC(c3ccc4ccccc4c3)NC(c3cc(-c4cccc5oc6cc7ccccc7cc6c45)cc4oc5ccccc5c34)=N2)cc1. The fourth-order valence-corrected chi connectivity index (χ4v) is 7.80. The largest absolute Gasteiger partial charge is 0.456 e. The molecule has 2 aromatic heterocycles. The number of benzene rings is 8. The van der Waals surface area contributed by atoms with Crippen LogP contribution >= 0.6 is 0 Å². The van der Waals surface area contributed by atoms with Gasteiger partial charge in [0.15, 0.2) is 5.84 Å². The monoisotopic (exact) mass is 667 g/mol. The van der Waals surface area contributed by atoms with E-state index in [-0.39, 0.29) is 6.17 Å². The lowest BCUT2D eigenvalue weighted by Crippen LogP contribution is -2.33. The van der Waals surface area contributed by atoms with Crippen LogP contribution in [0, 0.1) is 0 Å². The van der Waals surface area contributed by atoms with Gasteiger partial charge in [0.25, 0.3) is 0 Å². The van der Waals surface area contributed by atoms with Crippen LogP contribution in [0.5, 0.6) is 0 Å². The standard InChI is InChI=1S/C47H29N3O2/c1-2-12-29(13-3-1)45-48-46(33-22-21-28-11-4-5-14-30(28)23-33)50-47(49-45)38-25-34(27-42-44(38)36-17-8-9-19-39(36)51-42)35-18-10-20-40-43(35)37-24-31-15-6-7-16-32(31)26-41(37)52-40/h1-27,46H,(H,48,49,50). The molecule has 52 heavy (non-hydrogen) atoms. The number of amidine groups is 2. The first-order valence-electron chi connectivity index (χ1n) is 17.5. The number of furan rings is 2. The van der Waals surface area contributed by atoms with Crippen LogP contribution in [-0.4, -0.2) is 11.7 Å². The average Bonchev–Trinajstić information content (AvgIpc) is 3.77. The van der Waals surface area contributed by atoms with E-state index in [1.165, 1.54) is 16.2 Å². The van der Waals surface area contributed by atoms with Crippen LogP contribution in [0.2, 0.25) is 0 Å². The van der Waals surface area contributed by atoms with Crippen LogP contribution in [-0.2, 0) is 0 Å². The van der Waals surface area contributed by atoms with Crippen molar-refractivity contribution < 1.29 is 8.83 Å². The molecule has 0 saturated heterocycles.